The van der Waals surface area contributed by atoms with Gasteiger partial charge in [0, 0.05) is 5.39 Å². The van der Waals surface area contributed by atoms with Gasteiger partial charge in [-0.1, -0.05) is 82.8 Å². The smallest absolute Gasteiger partial charge is 0.204 e. The van der Waals surface area contributed by atoms with Gasteiger partial charge in [-0.05, 0) is 11.5 Å². The molecule has 0 amide bonds. The highest BCUT2D eigenvalue weighted by Gasteiger charge is 2.80. The molecule has 0 spiro atoms. The maximum atomic E-state index is 11.1. The number of hydrogen-bond acceptors (Lipinski definition) is 2. The predicted molar refractivity (Wildman–Crippen MR) is 115 cm³/mol. The van der Waals surface area contributed by atoms with Crippen molar-refractivity contribution in [3.8, 4) is 17.4 Å². The summed E-state index contributed by atoms with van der Waals surface area (Å²) < 4.78 is -0.682. The fraction of sp³-hybridized carbons (Fsp3) is 0.158. The molecule has 2 N–H and O–H groups in total. The number of aromatic hydroxyl groups is 2. The molecule has 0 unspecified atom stereocenters. The van der Waals surface area contributed by atoms with Gasteiger partial charge in [0.25, 0.3) is 0 Å². The van der Waals surface area contributed by atoms with Gasteiger partial charge in [-0.2, -0.15) is 0 Å². The minimum Gasteiger partial charge on any atom is -0.494 e. The quantitative estimate of drug-likeness (QED) is 0.365. The molecule has 3 aromatic rings. The molecule has 0 saturated heterocycles. The monoisotopic (exact) mass is 493 g/mol. The number of hydrogen-bond donors (Lipinski definition) is 2. The maximum absolute atomic E-state index is 11.1. The van der Waals surface area contributed by atoms with E-state index in [2.05, 4.69) is 0 Å². The molecule has 3 nitrogen and oxygen atoms in total. The number of rotatable bonds is 1. The molecule has 0 fully saturated rings. The summed E-state index contributed by atoms with van der Waals surface area (Å²) in [6.07, 6.45) is 0. The molecule has 0 radical (unpaired) electrons. The molecule has 2 aliphatic carbocycles. The summed E-state index contributed by atoms with van der Waals surface area (Å²) in [6, 6.07) is 13.0. The van der Waals surface area contributed by atoms with Crippen molar-refractivity contribution < 1.29 is 10.2 Å². The predicted octanol–water partition coefficient (Wildman–Crippen LogP) is 6.80. The highest BCUT2D eigenvalue weighted by Crippen LogP contribution is 2.80. The Kier molecular flexibility index (Phi) is 3.81. The average Bonchev–Trinajstić information content (AvgIpc) is 3.05. The number of halogens is 6. The van der Waals surface area contributed by atoms with Crippen LogP contribution in [0.2, 0.25) is 0 Å². The van der Waals surface area contributed by atoms with Crippen LogP contribution in [-0.4, -0.2) is 19.1 Å². The highest BCUT2D eigenvalue weighted by atomic mass is 35.5. The van der Waals surface area contributed by atoms with Crippen molar-refractivity contribution in [2.24, 2.45) is 0 Å². The summed E-state index contributed by atoms with van der Waals surface area (Å²) in [4.78, 5) is -3.63. The SMILES string of the molecule is Oc1c2c(c(O)n1-c1cccc3ccccc13)[C@@]1(Cl)C(Cl)=C(Cl)[C@]2(Cl)C1(Cl)Cl. The molecule has 0 aliphatic heterocycles. The molecule has 2 aliphatic rings. The molecule has 2 aromatic carbocycles. The van der Waals surface area contributed by atoms with Gasteiger partial charge in [0.2, 0.25) is 11.8 Å². The first kappa shape index (κ1) is 19.0. The summed E-state index contributed by atoms with van der Waals surface area (Å²) in [7, 11) is 0. The van der Waals surface area contributed by atoms with Crippen molar-refractivity contribution in [2.75, 3.05) is 0 Å². The van der Waals surface area contributed by atoms with Crippen molar-refractivity contribution >= 4 is 80.4 Å². The Morgan fingerprint density at radius 1 is 0.714 bits per heavy atom. The summed E-state index contributed by atoms with van der Waals surface area (Å²) in [6.45, 7) is 0. The van der Waals surface area contributed by atoms with Crippen molar-refractivity contribution in [1.29, 1.82) is 0 Å². The van der Waals surface area contributed by atoms with Crippen LogP contribution in [0.25, 0.3) is 16.5 Å². The number of benzene rings is 2. The summed E-state index contributed by atoms with van der Waals surface area (Å²) in [5, 5.41) is 23.7. The van der Waals surface area contributed by atoms with E-state index in [9.17, 15) is 10.2 Å². The third-order valence-corrected chi connectivity index (χ3v) is 9.56. The third kappa shape index (κ3) is 1.79. The maximum Gasteiger partial charge on any atom is 0.204 e. The Balaban J connectivity index is 1.91. The number of nitrogens with zero attached hydrogens (tertiary/aromatic N) is 1. The highest BCUT2D eigenvalue weighted by molar-refractivity contribution is 6.65. The first-order chi connectivity index (χ1) is 13.1. The molecular formula is C19H9Cl6NO2. The first-order valence-corrected chi connectivity index (χ1v) is 10.3. The van der Waals surface area contributed by atoms with Crippen LogP contribution in [0.4, 0.5) is 0 Å². The van der Waals surface area contributed by atoms with Crippen LogP contribution in [0.1, 0.15) is 11.1 Å². The molecule has 28 heavy (non-hydrogen) atoms. The normalized spacial score (nSPS) is 27.6. The zero-order chi connectivity index (χ0) is 20.2. The summed E-state index contributed by atoms with van der Waals surface area (Å²) in [5.74, 6) is -0.733. The second kappa shape index (κ2) is 5.60. The number of aromatic nitrogens is 1. The van der Waals surface area contributed by atoms with Gasteiger partial charge in [0.05, 0.1) is 26.9 Å². The van der Waals surface area contributed by atoms with Crippen LogP contribution < -0.4 is 0 Å². The second-order valence-corrected chi connectivity index (χ2v) is 9.97. The van der Waals surface area contributed by atoms with Crippen LogP contribution in [0.3, 0.4) is 0 Å². The Labute approximate surface area is 189 Å². The molecule has 5 rings (SSSR count). The van der Waals surface area contributed by atoms with E-state index in [-0.39, 0.29) is 33.0 Å². The van der Waals surface area contributed by atoms with E-state index >= 15 is 0 Å². The zero-order valence-corrected chi connectivity index (χ0v) is 18.2. The number of fused-ring (bicyclic) bond motifs is 6. The van der Waals surface area contributed by atoms with E-state index in [1.807, 2.05) is 30.3 Å². The lowest BCUT2D eigenvalue weighted by molar-refractivity contribution is 0.391. The van der Waals surface area contributed by atoms with Gasteiger partial charge in [0.15, 0.2) is 4.33 Å². The first-order valence-electron chi connectivity index (χ1n) is 8.07. The topological polar surface area (TPSA) is 45.4 Å². The van der Waals surface area contributed by atoms with Crippen LogP contribution in [0.15, 0.2) is 52.5 Å². The van der Waals surface area contributed by atoms with Gasteiger partial charge >= 0.3 is 0 Å². The Bertz CT molecular complexity index is 1180. The van der Waals surface area contributed by atoms with E-state index < -0.39 is 14.1 Å². The van der Waals surface area contributed by atoms with E-state index in [1.54, 1.807) is 12.1 Å². The number of allylic oxidation sites excluding steroid dienone is 2. The van der Waals surface area contributed by atoms with E-state index in [4.69, 9.17) is 69.6 Å². The lowest BCUT2D eigenvalue weighted by Gasteiger charge is -2.32. The fourth-order valence-electron chi connectivity index (χ4n) is 4.18. The molecule has 144 valence electrons. The zero-order valence-electron chi connectivity index (χ0n) is 13.7. The van der Waals surface area contributed by atoms with Crippen molar-refractivity contribution in [1.82, 2.24) is 4.57 Å². The van der Waals surface area contributed by atoms with Crippen molar-refractivity contribution in [2.45, 2.75) is 14.1 Å². The molecule has 0 saturated carbocycles. The summed E-state index contributed by atoms with van der Waals surface area (Å²) >= 11 is 39.2. The van der Waals surface area contributed by atoms with E-state index in [0.29, 0.717) is 5.69 Å². The van der Waals surface area contributed by atoms with Crippen LogP contribution in [-0.2, 0) is 9.75 Å². The minimum atomic E-state index is -1.92. The Hall–Kier alpha value is -0.940. The fourth-order valence-corrected chi connectivity index (χ4v) is 6.86. The molecular weight excluding hydrogens is 487 g/mol. The van der Waals surface area contributed by atoms with E-state index in [1.165, 1.54) is 4.57 Å². The molecule has 1 aromatic heterocycles. The van der Waals surface area contributed by atoms with Crippen LogP contribution in [0.5, 0.6) is 11.8 Å². The second-order valence-electron chi connectivity index (χ2n) is 6.75. The Morgan fingerprint density at radius 2 is 1.21 bits per heavy atom. The van der Waals surface area contributed by atoms with Gasteiger partial charge in [0.1, 0.15) is 9.75 Å². The van der Waals surface area contributed by atoms with Crippen molar-refractivity contribution in [3.05, 3.63) is 63.7 Å². The number of alkyl halides is 4. The molecule has 2 bridgehead atoms. The lowest BCUT2D eigenvalue weighted by atomic mass is 10.00. The van der Waals surface area contributed by atoms with E-state index in [0.717, 1.165) is 10.8 Å². The molecule has 9 heteroatoms. The van der Waals surface area contributed by atoms with Gasteiger partial charge in [-0.15, -0.1) is 23.2 Å². The minimum absolute atomic E-state index is 0.0361. The van der Waals surface area contributed by atoms with Crippen LogP contribution >= 0.6 is 69.6 Å². The average molecular weight is 496 g/mol. The Morgan fingerprint density at radius 3 is 1.79 bits per heavy atom. The van der Waals surface area contributed by atoms with Crippen LogP contribution in [0, 0.1) is 0 Å². The lowest BCUT2D eigenvalue weighted by Crippen LogP contribution is -2.40. The standard InChI is InChI=1S/C19H9Cl6NO2/c20-13-14(21)18(23)12-11(17(13,22)19(18,24)25)15(27)26(16(12)28)10-7-3-5-8-4-1-2-6-9(8)10/h1-7,27-28H/t17-,18+. The van der Waals surface area contributed by atoms with Crippen molar-refractivity contribution in [3.63, 3.8) is 0 Å². The third-order valence-electron chi connectivity index (χ3n) is 5.48. The summed E-state index contributed by atoms with van der Waals surface area (Å²) in [5.41, 5.74) is 0.590. The molecule has 2 atom stereocenters. The van der Waals surface area contributed by atoms with Gasteiger partial charge in [-0.25, -0.2) is 0 Å². The largest absolute Gasteiger partial charge is 0.494 e. The van der Waals surface area contributed by atoms with Gasteiger partial charge < -0.3 is 10.2 Å². The molecule has 1 heterocycles. The van der Waals surface area contributed by atoms with Gasteiger partial charge in [-0.3, -0.25) is 4.57 Å².